The Kier molecular flexibility index (Phi) is 4.00. The van der Waals surface area contributed by atoms with E-state index in [1.54, 1.807) is 18.4 Å². The number of nitrogens with zero attached hydrogens (tertiary/aromatic N) is 1. The molecule has 0 radical (unpaired) electrons. The summed E-state index contributed by atoms with van der Waals surface area (Å²) in [6, 6.07) is 8.03. The van der Waals surface area contributed by atoms with Crippen molar-refractivity contribution in [3.63, 3.8) is 0 Å². The Morgan fingerprint density at radius 2 is 2.29 bits per heavy atom. The lowest BCUT2D eigenvalue weighted by Crippen LogP contribution is -2.40. The summed E-state index contributed by atoms with van der Waals surface area (Å²) in [4.78, 5) is 4.82. The first-order valence-corrected chi connectivity index (χ1v) is 8.38. The van der Waals surface area contributed by atoms with Gasteiger partial charge in [-0.3, -0.25) is 0 Å². The number of rotatable bonds is 3. The van der Waals surface area contributed by atoms with E-state index >= 15 is 0 Å². The van der Waals surface area contributed by atoms with Crippen molar-refractivity contribution >= 4 is 11.3 Å². The summed E-state index contributed by atoms with van der Waals surface area (Å²) in [7, 11) is 1.68. The van der Waals surface area contributed by atoms with Gasteiger partial charge in [-0.2, -0.15) is 0 Å². The number of hydrogen-bond donors (Lipinski definition) is 1. The minimum absolute atomic E-state index is 0.237. The second-order valence-corrected chi connectivity index (χ2v) is 6.99. The Labute approximate surface area is 130 Å². The molecule has 1 heterocycles. The molecule has 2 N–H and O–H groups in total. The van der Waals surface area contributed by atoms with Crippen LogP contribution in [-0.4, -0.2) is 12.1 Å². The summed E-state index contributed by atoms with van der Waals surface area (Å²) in [5, 5.41) is 3.18. The molecule has 0 bridgehead atoms. The Bertz CT molecular complexity index is 625. The highest BCUT2D eigenvalue weighted by Gasteiger charge is 2.35. The Hall–Kier alpha value is -1.39. The van der Waals surface area contributed by atoms with E-state index < -0.39 is 0 Å². The third-order valence-electron chi connectivity index (χ3n) is 4.33. The second kappa shape index (κ2) is 5.78. The molecule has 1 aliphatic carbocycles. The maximum Gasteiger partial charge on any atom is 0.119 e. The topological polar surface area (TPSA) is 48.1 Å². The van der Waals surface area contributed by atoms with E-state index in [9.17, 15) is 0 Å². The van der Waals surface area contributed by atoms with E-state index in [-0.39, 0.29) is 5.54 Å². The smallest absolute Gasteiger partial charge is 0.119 e. The highest BCUT2D eigenvalue weighted by molar-refractivity contribution is 7.10. The van der Waals surface area contributed by atoms with Crippen LogP contribution in [0.3, 0.4) is 0 Å². The number of aromatic nitrogens is 1. The van der Waals surface area contributed by atoms with Crippen molar-refractivity contribution in [2.45, 2.75) is 38.1 Å². The molecule has 2 unspecified atom stereocenters. The first kappa shape index (κ1) is 14.5. The van der Waals surface area contributed by atoms with Crippen LogP contribution in [0.2, 0.25) is 0 Å². The monoisotopic (exact) mass is 302 g/mol. The molecule has 0 amide bonds. The summed E-state index contributed by atoms with van der Waals surface area (Å²) >= 11 is 1.69. The van der Waals surface area contributed by atoms with Crippen molar-refractivity contribution in [3.8, 4) is 17.0 Å². The van der Waals surface area contributed by atoms with Crippen molar-refractivity contribution in [1.29, 1.82) is 0 Å². The zero-order chi connectivity index (χ0) is 14.9. The maximum atomic E-state index is 6.64. The van der Waals surface area contributed by atoms with Crippen molar-refractivity contribution in [1.82, 2.24) is 4.98 Å². The first-order valence-electron chi connectivity index (χ1n) is 7.50. The SMILES string of the molecule is COc1cccc(-c2csc(C3(N)CCCC(C)C3)n2)c1. The highest BCUT2D eigenvalue weighted by Crippen LogP contribution is 2.40. The largest absolute Gasteiger partial charge is 0.497 e. The van der Waals surface area contributed by atoms with Crippen LogP contribution in [0.4, 0.5) is 0 Å². The van der Waals surface area contributed by atoms with Gasteiger partial charge in [0.1, 0.15) is 10.8 Å². The molecule has 1 fully saturated rings. The molecule has 1 saturated carbocycles. The van der Waals surface area contributed by atoms with Gasteiger partial charge < -0.3 is 10.5 Å². The third-order valence-corrected chi connectivity index (χ3v) is 5.39. The Balaban J connectivity index is 1.89. The minimum atomic E-state index is -0.237. The molecule has 0 aliphatic heterocycles. The summed E-state index contributed by atoms with van der Waals surface area (Å²) in [5.41, 5.74) is 8.49. The molecular weight excluding hydrogens is 280 g/mol. The van der Waals surface area contributed by atoms with Crippen LogP contribution in [0.25, 0.3) is 11.3 Å². The quantitative estimate of drug-likeness (QED) is 0.925. The van der Waals surface area contributed by atoms with Gasteiger partial charge in [-0.05, 0) is 30.9 Å². The molecule has 21 heavy (non-hydrogen) atoms. The number of benzene rings is 1. The van der Waals surface area contributed by atoms with E-state index in [2.05, 4.69) is 18.4 Å². The van der Waals surface area contributed by atoms with Gasteiger partial charge in [-0.15, -0.1) is 11.3 Å². The van der Waals surface area contributed by atoms with Crippen LogP contribution >= 0.6 is 11.3 Å². The summed E-state index contributed by atoms with van der Waals surface area (Å²) < 4.78 is 5.28. The van der Waals surface area contributed by atoms with E-state index in [1.165, 1.54) is 12.8 Å². The van der Waals surface area contributed by atoms with E-state index in [0.717, 1.165) is 34.9 Å². The fraction of sp³-hybridized carbons (Fsp3) is 0.471. The van der Waals surface area contributed by atoms with Crippen molar-refractivity contribution in [2.24, 2.45) is 11.7 Å². The molecule has 4 heteroatoms. The van der Waals surface area contributed by atoms with Gasteiger partial charge in [0.15, 0.2) is 0 Å². The molecule has 3 rings (SSSR count). The molecule has 3 nitrogen and oxygen atoms in total. The van der Waals surface area contributed by atoms with Crippen LogP contribution in [-0.2, 0) is 5.54 Å². The second-order valence-electron chi connectivity index (χ2n) is 6.13. The summed E-state index contributed by atoms with van der Waals surface area (Å²) in [6.45, 7) is 2.29. The van der Waals surface area contributed by atoms with Crippen LogP contribution < -0.4 is 10.5 Å². The van der Waals surface area contributed by atoms with Crippen molar-refractivity contribution in [3.05, 3.63) is 34.7 Å². The lowest BCUT2D eigenvalue weighted by molar-refractivity contribution is 0.238. The Morgan fingerprint density at radius 3 is 3.05 bits per heavy atom. The Morgan fingerprint density at radius 1 is 1.43 bits per heavy atom. The maximum absolute atomic E-state index is 6.64. The molecule has 2 aromatic rings. The zero-order valence-corrected chi connectivity index (χ0v) is 13.5. The number of nitrogens with two attached hydrogens (primary N) is 1. The lowest BCUT2D eigenvalue weighted by atomic mass is 9.77. The summed E-state index contributed by atoms with van der Waals surface area (Å²) in [5.74, 6) is 1.55. The van der Waals surface area contributed by atoms with Crippen LogP contribution in [0.5, 0.6) is 5.75 Å². The molecule has 1 aromatic heterocycles. The molecule has 1 aromatic carbocycles. The average molecular weight is 302 g/mol. The van der Waals surface area contributed by atoms with Gasteiger partial charge in [0.2, 0.25) is 0 Å². The van der Waals surface area contributed by atoms with Crippen LogP contribution in [0.1, 0.15) is 37.6 Å². The van der Waals surface area contributed by atoms with Gasteiger partial charge in [0, 0.05) is 10.9 Å². The van der Waals surface area contributed by atoms with Gasteiger partial charge in [0.25, 0.3) is 0 Å². The third kappa shape index (κ3) is 2.97. The number of thiazole rings is 1. The van der Waals surface area contributed by atoms with E-state index in [4.69, 9.17) is 15.5 Å². The van der Waals surface area contributed by atoms with Gasteiger partial charge in [-0.25, -0.2) is 4.98 Å². The van der Waals surface area contributed by atoms with Crippen LogP contribution in [0.15, 0.2) is 29.6 Å². The molecular formula is C17H22N2OS. The molecule has 0 spiro atoms. The van der Waals surface area contributed by atoms with Gasteiger partial charge in [0.05, 0.1) is 18.3 Å². The number of ether oxygens (including phenoxy) is 1. The van der Waals surface area contributed by atoms with Crippen molar-refractivity contribution < 1.29 is 4.74 Å². The normalized spacial score (nSPS) is 25.8. The average Bonchev–Trinajstić information content (AvgIpc) is 2.98. The molecule has 0 saturated heterocycles. The van der Waals surface area contributed by atoms with E-state index in [0.29, 0.717) is 5.92 Å². The number of methoxy groups -OCH3 is 1. The standard InChI is InChI=1S/C17H22N2OS/c1-12-5-4-8-17(18,10-12)16-19-15(11-21-16)13-6-3-7-14(9-13)20-2/h3,6-7,9,11-12H,4-5,8,10,18H2,1-2H3. The molecule has 112 valence electrons. The zero-order valence-electron chi connectivity index (χ0n) is 12.6. The first-order chi connectivity index (χ1) is 10.1. The van der Waals surface area contributed by atoms with Crippen molar-refractivity contribution in [2.75, 3.05) is 7.11 Å². The molecule has 1 aliphatic rings. The fourth-order valence-electron chi connectivity index (χ4n) is 3.20. The predicted molar refractivity (Wildman–Crippen MR) is 87.6 cm³/mol. The fourth-order valence-corrected chi connectivity index (χ4v) is 4.19. The van der Waals surface area contributed by atoms with Gasteiger partial charge in [-0.1, -0.05) is 31.9 Å². The molecule has 2 atom stereocenters. The highest BCUT2D eigenvalue weighted by atomic mass is 32.1. The lowest BCUT2D eigenvalue weighted by Gasteiger charge is -2.35. The van der Waals surface area contributed by atoms with Crippen LogP contribution in [0, 0.1) is 5.92 Å². The van der Waals surface area contributed by atoms with Gasteiger partial charge >= 0.3 is 0 Å². The number of hydrogen-bond acceptors (Lipinski definition) is 4. The summed E-state index contributed by atoms with van der Waals surface area (Å²) in [6.07, 6.45) is 4.57. The predicted octanol–water partition coefficient (Wildman–Crippen LogP) is 4.18. The van der Waals surface area contributed by atoms with E-state index in [1.807, 2.05) is 18.2 Å². The minimum Gasteiger partial charge on any atom is -0.497 e.